The molecule has 30 heavy (non-hydrogen) atoms. The molecule has 5 rings (SSSR count). The second kappa shape index (κ2) is 7.27. The Morgan fingerprint density at radius 2 is 1.80 bits per heavy atom. The van der Waals surface area contributed by atoms with Gasteiger partial charge in [-0.25, -0.2) is 0 Å². The van der Waals surface area contributed by atoms with Crippen molar-refractivity contribution < 1.29 is 9.21 Å². The minimum absolute atomic E-state index is 0.00463. The Morgan fingerprint density at radius 3 is 2.57 bits per heavy atom. The molecule has 0 fully saturated rings. The molecule has 0 spiro atoms. The van der Waals surface area contributed by atoms with Crippen LogP contribution >= 0.6 is 35.4 Å². The van der Waals surface area contributed by atoms with E-state index in [0.717, 1.165) is 12.1 Å². The number of fused-ring (bicyclic) bond motifs is 1. The van der Waals surface area contributed by atoms with Crippen molar-refractivity contribution in [2.75, 3.05) is 5.32 Å². The number of furan rings is 1. The third kappa shape index (κ3) is 3.23. The second-order valence-electron chi connectivity index (χ2n) is 7.28. The summed E-state index contributed by atoms with van der Waals surface area (Å²) in [5, 5.41) is 4.17. The number of aromatic nitrogens is 2. The van der Waals surface area contributed by atoms with E-state index in [9.17, 15) is 9.59 Å². The van der Waals surface area contributed by atoms with E-state index in [1.54, 1.807) is 30.3 Å². The van der Waals surface area contributed by atoms with Crippen LogP contribution in [0, 0.1) is 4.77 Å². The normalized spacial score (nSPS) is 18.1. The number of hydrogen-bond donors (Lipinski definition) is 3. The van der Waals surface area contributed by atoms with Crippen LogP contribution in [0.25, 0.3) is 11.3 Å². The van der Waals surface area contributed by atoms with Crippen LogP contribution in [-0.4, -0.2) is 15.8 Å². The van der Waals surface area contributed by atoms with E-state index in [0.29, 0.717) is 56.9 Å². The van der Waals surface area contributed by atoms with Gasteiger partial charge in [0.2, 0.25) is 0 Å². The number of carbonyl (C=O) groups is 1. The fourth-order valence-electron chi connectivity index (χ4n) is 4.14. The van der Waals surface area contributed by atoms with Gasteiger partial charge in [0.1, 0.15) is 17.3 Å². The standard InChI is InChI=1S/C21H15Cl2N3O3S/c22-10-6-9(7-11(23)8-10)14-4-5-15(29-14)17-16-12(2-1-3-13(16)27)24-19-18(17)20(28)26-21(30)25-19/h4-8,17H,1-3H2,(H3,24,25,26,28,30). The number of aromatic amines is 2. The molecule has 3 heterocycles. The summed E-state index contributed by atoms with van der Waals surface area (Å²) in [6, 6.07) is 8.68. The number of halogens is 2. The molecule has 1 aliphatic carbocycles. The lowest BCUT2D eigenvalue weighted by atomic mass is 9.79. The Morgan fingerprint density at radius 1 is 1.03 bits per heavy atom. The van der Waals surface area contributed by atoms with Gasteiger partial charge in [-0.15, -0.1) is 0 Å². The Hall–Kier alpha value is -2.61. The Balaban J connectivity index is 1.70. The number of ketones is 1. The Labute approximate surface area is 185 Å². The van der Waals surface area contributed by atoms with Gasteiger partial charge in [-0.1, -0.05) is 23.2 Å². The molecule has 3 N–H and O–H groups in total. The number of allylic oxidation sites excluding steroid dienone is 2. The van der Waals surface area contributed by atoms with E-state index >= 15 is 0 Å². The Bertz CT molecular complexity index is 1330. The number of nitrogens with one attached hydrogen (secondary N) is 3. The van der Waals surface area contributed by atoms with Gasteiger partial charge in [-0.3, -0.25) is 14.6 Å². The number of carbonyl (C=O) groups excluding carboxylic acids is 1. The van der Waals surface area contributed by atoms with E-state index in [-0.39, 0.29) is 16.1 Å². The van der Waals surface area contributed by atoms with Gasteiger partial charge in [-0.2, -0.15) is 0 Å². The predicted molar refractivity (Wildman–Crippen MR) is 118 cm³/mol. The average Bonchev–Trinajstić information content (AvgIpc) is 3.15. The van der Waals surface area contributed by atoms with Gasteiger partial charge in [0, 0.05) is 33.3 Å². The molecule has 3 aromatic rings. The molecule has 9 heteroatoms. The first-order valence-electron chi connectivity index (χ1n) is 9.36. The minimum atomic E-state index is -0.636. The number of anilines is 1. The smallest absolute Gasteiger partial charge is 0.258 e. The lowest BCUT2D eigenvalue weighted by Crippen LogP contribution is -2.32. The quantitative estimate of drug-likeness (QED) is 0.436. The highest BCUT2D eigenvalue weighted by Gasteiger charge is 2.39. The topological polar surface area (TPSA) is 90.9 Å². The molecule has 0 radical (unpaired) electrons. The fourth-order valence-corrected chi connectivity index (χ4v) is 4.86. The molecule has 1 aromatic carbocycles. The monoisotopic (exact) mass is 459 g/mol. The second-order valence-corrected chi connectivity index (χ2v) is 8.57. The summed E-state index contributed by atoms with van der Waals surface area (Å²) in [7, 11) is 0. The number of hydrogen-bond acceptors (Lipinski definition) is 5. The van der Waals surface area contributed by atoms with Gasteiger partial charge in [0.15, 0.2) is 10.6 Å². The van der Waals surface area contributed by atoms with E-state index in [4.69, 9.17) is 39.8 Å². The summed E-state index contributed by atoms with van der Waals surface area (Å²) in [6.45, 7) is 0. The molecular formula is C21H15Cl2N3O3S. The lowest BCUT2D eigenvalue weighted by Gasteiger charge is -2.31. The first kappa shape index (κ1) is 19.4. The highest BCUT2D eigenvalue weighted by atomic mass is 35.5. The first-order valence-corrected chi connectivity index (χ1v) is 10.5. The summed E-state index contributed by atoms with van der Waals surface area (Å²) < 4.78 is 6.35. The molecular weight excluding hydrogens is 445 g/mol. The van der Waals surface area contributed by atoms with Crippen molar-refractivity contribution in [1.82, 2.24) is 9.97 Å². The van der Waals surface area contributed by atoms with E-state index in [2.05, 4.69) is 15.3 Å². The highest BCUT2D eigenvalue weighted by molar-refractivity contribution is 7.71. The summed E-state index contributed by atoms with van der Waals surface area (Å²) in [6.07, 6.45) is 1.90. The van der Waals surface area contributed by atoms with Crippen LogP contribution in [0.15, 0.2) is 50.8 Å². The minimum Gasteiger partial charge on any atom is -0.460 e. The van der Waals surface area contributed by atoms with Crippen LogP contribution in [0.4, 0.5) is 5.82 Å². The third-order valence-electron chi connectivity index (χ3n) is 5.35. The number of benzene rings is 1. The Kier molecular flexibility index (Phi) is 4.69. The molecule has 1 aliphatic heterocycles. The molecule has 0 amide bonds. The molecule has 152 valence electrons. The van der Waals surface area contributed by atoms with Crippen molar-refractivity contribution in [1.29, 1.82) is 0 Å². The summed E-state index contributed by atoms with van der Waals surface area (Å²) >= 11 is 17.4. The lowest BCUT2D eigenvalue weighted by molar-refractivity contribution is -0.116. The SMILES string of the molecule is O=C1CCCC2=C1C(c1ccc(-c3cc(Cl)cc(Cl)c3)o1)c1c([nH]c(=S)[nH]c1=O)N2. The average molecular weight is 460 g/mol. The molecule has 0 saturated heterocycles. The maximum absolute atomic E-state index is 12.8. The molecule has 6 nitrogen and oxygen atoms in total. The number of rotatable bonds is 2. The molecule has 0 bridgehead atoms. The zero-order chi connectivity index (χ0) is 21.0. The van der Waals surface area contributed by atoms with Gasteiger partial charge in [0.05, 0.1) is 11.5 Å². The maximum atomic E-state index is 12.8. The molecule has 2 aromatic heterocycles. The van der Waals surface area contributed by atoms with Crippen molar-refractivity contribution in [3.63, 3.8) is 0 Å². The van der Waals surface area contributed by atoms with Gasteiger partial charge in [0.25, 0.3) is 5.56 Å². The van der Waals surface area contributed by atoms with Gasteiger partial charge >= 0.3 is 0 Å². The molecule has 2 aliphatic rings. The van der Waals surface area contributed by atoms with Crippen molar-refractivity contribution in [3.8, 4) is 11.3 Å². The van der Waals surface area contributed by atoms with Gasteiger partial charge in [-0.05, 0) is 55.4 Å². The predicted octanol–water partition coefficient (Wildman–Crippen LogP) is 5.56. The molecule has 1 unspecified atom stereocenters. The van der Waals surface area contributed by atoms with Crippen LogP contribution in [0.2, 0.25) is 10.0 Å². The highest BCUT2D eigenvalue weighted by Crippen LogP contribution is 2.44. The third-order valence-corrected chi connectivity index (χ3v) is 5.99. The van der Waals surface area contributed by atoms with Crippen LogP contribution in [-0.2, 0) is 4.79 Å². The summed E-state index contributed by atoms with van der Waals surface area (Å²) in [5.74, 6) is 0.891. The fraction of sp³-hybridized carbons (Fsp3) is 0.190. The summed E-state index contributed by atoms with van der Waals surface area (Å²) in [5.41, 5.74) is 2.08. The van der Waals surface area contributed by atoms with Crippen LogP contribution in [0.1, 0.15) is 36.5 Å². The van der Waals surface area contributed by atoms with Crippen LogP contribution in [0.3, 0.4) is 0 Å². The number of Topliss-reactive ketones (excluding diaryl/α,β-unsaturated/α-hetero) is 1. The maximum Gasteiger partial charge on any atom is 0.258 e. The zero-order valence-electron chi connectivity index (χ0n) is 15.5. The van der Waals surface area contributed by atoms with Crippen molar-refractivity contribution in [2.45, 2.75) is 25.2 Å². The van der Waals surface area contributed by atoms with Crippen LogP contribution in [0.5, 0.6) is 0 Å². The number of H-pyrrole nitrogens is 2. The van der Waals surface area contributed by atoms with Crippen molar-refractivity contribution >= 4 is 47.0 Å². The first-order chi connectivity index (χ1) is 14.4. The zero-order valence-corrected chi connectivity index (χ0v) is 17.8. The van der Waals surface area contributed by atoms with Crippen LogP contribution < -0.4 is 10.9 Å². The van der Waals surface area contributed by atoms with E-state index < -0.39 is 5.92 Å². The van der Waals surface area contributed by atoms with Crippen molar-refractivity contribution in [3.05, 3.63) is 78.1 Å². The largest absolute Gasteiger partial charge is 0.460 e. The van der Waals surface area contributed by atoms with Crippen molar-refractivity contribution in [2.24, 2.45) is 0 Å². The molecule has 1 atom stereocenters. The van der Waals surface area contributed by atoms with E-state index in [1.165, 1.54) is 0 Å². The van der Waals surface area contributed by atoms with E-state index in [1.807, 2.05) is 0 Å². The summed E-state index contributed by atoms with van der Waals surface area (Å²) in [4.78, 5) is 31.3. The molecule has 0 saturated carbocycles. The van der Waals surface area contributed by atoms with Gasteiger partial charge < -0.3 is 14.7 Å².